The van der Waals surface area contributed by atoms with Crippen molar-refractivity contribution in [2.75, 3.05) is 11.9 Å². The summed E-state index contributed by atoms with van der Waals surface area (Å²) in [6.45, 7) is 2.95. The Morgan fingerprint density at radius 2 is 2.00 bits per heavy atom. The Morgan fingerprint density at radius 1 is 1.25 bits per heavy atom. The van der Waals surface area contributed by atoms with Gasteiger partial charge in [-0.15, -0.1) is 11.3 Å². The molecule has 0 bridgehead atoms. The first kappa shape index (κ1) is 16.0. The smallest absolute Gasteiger partial charge is 0.0520 e. The van der Waals surface area contributed by atoms with Gasteiger partial charge < -0.3 is 10.6 Å². The van der Waals surface area contributed by atoms with Crippen LogP contribution in [0.4, 0.5) is 5.69 Å². The molecule has 2 rings (SSSR count). The highest BCUT2D eigenvalue weighted by atomic mass is 79.9. The van der Waals surface area contributed by atoms with Crippen molar-refractivity contribution in [3.63, 3.8) is 0 Å². The zero-order chi connectivity index (χ0) is 14.7. The maximum atomic E-state index is 5.96. The minimum Gasteiger partial charge on any atom is -0.369 e. The SMILES string of the molecule is CC(N)Cc1cc(Br)ccc1N(C)Cc1cc(Br)cs1. The molecular formula is C15H18Br2N2S. The van der Waals surface area contributed by atoms with Crippen LogP contribution in [0.2, 0.25) is 0 Å². The number of benzene rings is 1. The highest BCUT2D eigenvalue weighted by Crippen LogP contribution is 2.28. The molecule has 0 fully saturated rings. The van der Waals surface area contributed by atoms with Crippen LogP contribution in [0.3, 0.4) is 0 Å². The Balaban J connectivity index is 2.21. The Morgan fingerprint density at radius 3 is 2.60 bits per heavy atom. The molecular weight excluding hydrogens is 400 g/mol. The first-order valence-electron chi connectivity index (χ1n) is 6.43. The Labute approximate surface area is 141 Å². The Bertz CT molecular complexity index is 581. The number of nitrogens with two attached hydrogens (primary N) is 1. The third-order valence-corrected chi connectivity index (χ3v) is 5.19. The maximum Gasteiger partial charge on any atom is 0.0520 e. The molecule has 0 saturated heterocycles. The van der Waals surface area contributed by atoms with E-state index in [9.17, 15) is 0 Å². The standard InChI is InChI=1S/C15H18Br2N2S/c1-10(18)5-11-6-12(16)3-4-15(11)19(2)8-14-7-13(17)9-20-14/h3-4,6-7,9-10H,5,8,18H2,1-2H3. The number of hydrogen-bond acceptors (Lipinski definition) is 3. The lowest BCUT2D eigenvalue weighted by atomic mass is 10.0. The fourth-order valence-electron chi connectivity index (χ4n) is 2.19. The minimum absolute atomic E-state index is 0.160. The molecule has 1 aromatic carbocycles. The monoisotopic (exact) mass is 416 g/mol. The summed E-state index contributed by atoms with van der Waals surface area (Å²) in [4.78, 5) is 3.62. The van der Waals surface area contributed by atoms with Crippen LogP contribution < -0.4 is 10.6 Å². The summed E-state index contributed by atoms with van der Waals surface area (Å²) in [5, 5.41) is 2.12. The van der Waals surface area contributed by atoms with E-state index in [2.05, 4.69) is 73.5 Å². The van der Waals surface area contributed by atoms with Gasteiger partial charge in [0.2, 0.25) is 0 Å². The van der Waals surface area contributed by atoms with Crippen LogP contribution in [0.1, 0.15) is 17.4 Å². The molecule has 2 N–H and O–H groups in total. The van der Waals surface area contributed by atoms with Crippen LogP contribution >= 0.6 is 43.2 Å². The van der Waals surface area contributed by atoms with Crippen molar-refractivity contribution in [1.29, 1.82) is 0 Å². The number of hydrogen-bond donors (Lipinski definition) is 1. The molecule has 0 radical (unpaired) electrons. The van der Waals surface area contributed by atoms with E-state index in [4.69, 9.17) is 5.73 Å². The van der Waals surface area contributed by atoms with Crippen molar-refractivity contribution in [3.8, 4) is 0 Å². The van der Waals surface area contributed by atoms with Gasteiger partial charge in [0, 0.05) is 38.0 Å². The number of thiophene rings is 1. The number of nitrogens with zero attached hydrogens (tertiary/aromatic N) is 1. The van der Waals surface area contributed by atoms with Crippen LogP contribution in [0.5, 0.6) is 0 Å². The zero-order valence-electron chi connectivity index (χ0n) is 11.6. The van der Waals surface area contributed by atoms with E-state index >= 15 is 0 Å². The summed E-state index contributed by atoms with van der Waals surface area (Å²) in [5.74, 6) is 0. The van der Waals surface area contributed by atoms with Crippen molar-refractivity contribution < 1.29 is 0 Å². The van der Waals surface area contributed by atoms with Crippen LogP contribution in [0, 0.1) is 0 Å². The molecule has 0 aliphatic carbocycles. The van der Waals surface area contributed by atoms with Crippen molar-refractivity contribution in [1.82, 2.24) is 0 Å². The maximum absolute atomic E-state index is 5.96. The molecule has 0 aliphatic heterocycles. The van der Waals surface area contributed by atoms with Crippen LogP contribution in [-0.4, -0.2) is 13.1 Å². The average Bonchev–Trinajstić information content (AvgIpc) is 2.73. The van der Waals surface area contributed by atoms with Gasteiger partial charge in [0.25, 0.3) is 0 Å². The first-order valence-corrected chi connectivity index (χ1v) is 8.90. The lowest BCUT2D eigenvalue weighted by molar-refractivity contribution is 0.734. The van der Waals surface area contributed by atoms with E-state index in [0.717, 1.165) is 21.9 Å². The third kappa shape index (κ3) is 4.32. The van der Waals surface area contributed by atoms with Gasteiger partial charge >= 0.3 is 0 Å². The summed E-state index contributed by atoms with van der Waals surface area (Å²) in [6, 6.07) is 8.74. The van der Waals surface area contributed by atoms with Gasteiger partial charge in [0.05, 0.1) is 6.54 Å². The molecule has 20 heavy (non-hydrogen) atoms. The Hall–Kier alpha value is -0.360. The number of rotatable bonds is 5. The molecule has 5 heteroatoms. The fraction of sp³-hybridized carbons (Fsp3) is 0.333. The lowest BCUT2D eigenvalue weighted by Crippen LogP contribution is -2.22. The summed E-state index contributed by atoms with van der Waals surface area (Å²) >= 11 is 8.82. The minimum atomic E-state index is 0.160. The second kappa shape index (κ2) is 7.07. The van der Waals surface area contributed by atoms with E-state index in [0.29, 0.717) is 0 Å². The lowest BCUT2D eigenvalue weighted by Gasteiger charge is -2.23. The molecule has 108 valence electrons. The summed E-state index contributed by atoms with van der Waals surface area (Å²) in [7, 11) is 2.13. The van der Waals surface area contributed by atoms with E-state index in [1.165, 1.54) is 16.1 Å². The predicted octanol–water partition coefficient (Wildman–Crippen LogP) is 4.80. The van der Waals surface area contributed by atoms with Gasteiger partial charge in [-0.05, 0) is 59.1 Å². The average molecular weight is 418 g/mol. The second-order valence-corrected chi connectivity index (χ2v) is 7.87. The highest BCUT2D eigenvalue weighted by molar-refractivity contribution is 9.10. The molecule has 0 aliphatic rings. The van der Waals surface area contributed by atoms with Crippen LogP contribution in [-0.2, 0) is 13.0 Å². The van der Waals surface area contributed by atoms with E-state index in [1.807, 2.05) is 6.92 Å². The molecule has 1 atom stereocenters. The molecule has 0 saturated carbocycles. The molecule has 2 nitrogen and oxygen atoms in total. The number of anilines is 1. The van der Waals surface area contributed by atoms with Crippen LogP contribution in [0.25, 0.3) is 0 Å². The third-order valence-electron chi connectivity index (χ3n) is 3.01. The van der Waals surface area contributed by atoms with E-state index < -0.39 is 0 Å². The molecule has 1 aromatic heterocycles. The molecule has 1 heterocycles. The summed E-state index contributed by atoms with van der Waals surface area (Å²) in [6.07, 6.45) is 0.882. The van der Waals surface area contributed by atoms with Gasteiger partial charge in [-0.2, -0.15) is 0 Å². The van der Waals surface area contributed by atoms with Crippen LogP contribution in [0.15, 0.2) is 38.6 Å². The largest absolute Gasteiger partial charge is 0.369 e. The topological polar surface area (TPSA) is 29.3 Å². The van der Waals surface area contributed by atoms with Crippen molar-refractivity contribution in [3.05, 3.63) is 49.0 Å². The highest BCUT2D eigenvalue weighted by Gasteiger charge is 2.11. The molecule has 0 spiro atoms. The fourth-order valence-corrected chi connectivity index (χ4v) is 4.10. The van der Waals surface area contributed by atoms with Gasteiger partial charge in [0.15, 0.2) is 0 Å². The van der Waals surface area contributed by atoms with Gasteiger partial charge in [0.1, 0.15) is 0 Å². The number of halogens is 2. The quantitative estimate of drug-likeness (QED) is 0.756. The summed E-state index contributed by atoms with van der Waals surface area (Å²) < 4.78 is 2.25. The molecule has 0 amide bonds. The van der Waals surface area contributed by atoms with Crippen molar-refractivity contribution >= 4 is 48.9 Å². The van der Waals surface area contributed by atoms with Gasteiger partial charge in [-0.3, -0.25) is 0 Å². The van der Waals surface area contributed by atoms with Crippen molar-refractivity contribution in [2.45, 2.75) is 25.9 Å². The van der Waals surface area contributed by atoms with E-state index in [-0.39, 0.29) is 6.04 Å². The molecule has 1 unspecified atom stereocenters. The van der Waals surface area contributed by atoms with Gasteiger partial charge in [-0.1, -0.05) is 15.9 Å². The molecule has 2 aromatic rings. The zero-order valence-corrected chi connectivity index (χ0v) is 15.6. The van der Waals surface area contributed by atoms with E-state index in [1.54, 1.807) is 11.3 Å². The summed E-state index contributed by atoms with van der Waals surface area (Å²) in [5.41, 5.74) is 8.49. The van der Waals surface area contributed by atoms with Crippen molar-refractivity contribution in [2.24, 2.45) is 5.73 Å². The first-order chi connectivity index (χ1) is 9.45. The Kier molecular flexibility index (Phi) is 5.66. The van der Waals surface area contributed by atoms with Gasteiger partial charge in [-0.25, -0.2) is 0 Å². The normalized spacial score (nSPS) is 12.4. The second-order valence-electron chi connectivity index (χ2n) is 5.04. The predicted molar refractivity (Wildman–Crippen MR) is 95.6 cm³/mol.